The van der Waals surface area contributed by atoms with Crippen LogP contribution in [0.1, 0.15) is 33.1 Å². The third-order valence-corrected chi connectivity index (χ3v) is 4.99. The van der Waals surface area contributed by atoms with Crippen LogP contribution in [0, 0.1) is 23.2 Å². The first kappa shape index (κ1) is 10.9. The van der Waals surface area contributed by atoms with Gasteiger partial charge >= 0.3 is 0 Å². The first-order chi connectivity index (χ1) is 7.00. The molecular formula is C14H22O. The fraction of sp³-hybridized carbons (Fsp3) is 0.714. The topological polar surface area (TPSA) is 20.2 Å². The van der Waals surface area contributed by atoms with Crippen molar-refractivity contribution >= 4 is 0 Å². The van der Waals surface area contributed by atoms with Gasteiger partial charge in [0.25, 0.3) is 0 Å². The third kappa shape index (κ3) is 1.40. The molecule has 0 spiro atoms. The number of rotatable bonds is 1. The van der Waals surface area contributed by atoms with Crippen molar-refractivity contribution < 1.29 is 5.11 Å². The predicted octanol–water partition coefficient (Wildman–Crippen LogP) is 3.16. The van der Waals surface area contributed by atoms with Gasteiger partial charge in [-0.2, -0.15) is 0 Å². The zero-order valence-electron chi connectivity index (χ0n) is 9.87. The minimum absolute atomic E-state index is 0.205. The minimum Gasteiger partial charge on any atom is -0.392 e. The number of hydrogen-bond donors (Lipinski definition) is 1. The third-order valence-electron chi connectivity index (χ3n) is 4.99. The molecule has 1 N–H and O–H groups in total. The van der Waals surface area contributed by atoms with Crippen LogP contribution in [0.15, 0.2) is 24.8 Å². The van der Waals surface area contributed by atoms with Crippen LogP contribution in [0.4, 0.5) is 0 Å². The quantitative estimate of drug-likeness (QED) is 0.653. The molecular weight excluding hydrogens is 184 g/mol. The normalized spacial score (nSPS) is 50.2. The predicted molar refractivity (Wildman–Crippen MR) is 63.4 cm³/mol. The lowest BCUT2D eigenvalue weighted by atomic mass is 9.52. The summed E-state index contributed by atoms with van der Waals surface area (Å²) >= 11 is 0. The lowest BCUT2D eigenvalue weighted by Gasteiger charge is -2.54. The van der Waals surface area contributed by atoms with E-state index in [0.717, 1.165) is 12.8 Å². The Balaban J connectivity index is 2.35. The van der Waals surface area contributed by atoms with Gasteiger partial charge in [0.1, 0.15) is 0 Å². The molecule has 0 radical (unpaired) electrons. The molecule has 1 nitrogen and oxygen atoms in total. The minimum atomic E-state index is -0.205. The van der Waals surface area contributed by atoms with E-state index in [-0.39, 0.29) is 17.4 Å². The highest BCUT2D eigenvalue weighted by Crippen LogP contribution is 2.56. The Bertz CT molecular complexity index is 294. The zero-order valence-corrected chi connectivity index (χ0v) is 9.87. The second-order valence-electron chi connectivity index (χ2n) is 5.61. The molecule has 2 aliphatic carbocycles. The smallest absolute Gasteiger partial charge is 0.0614 e. The van der Waals surface area contributed by atoms with Crippen molar-refractivity contribution in [1.82, 2.24) is 0 Å². The average Bonchev–Trinajstić information content (AvgIpc) is 2.19. The fourth-order valence-corrected chi connectivity index (χ4v) is 3.56. The van der Waals surface area contributed by atoms with Crippen molar-refractivity contribution in [3.8, 4) is 0 Å². The Morgan fingerprint density at radius 2 is 2.20 bits per heavy atom. The summed E-state index contributed by atoms with van der Waals surface area (Å²) in [4.78, 5) is 0. The maximum atomic E-state index is 10.2. The van der Waals surface area contributed by atoms with Crippen LogP contribution in [0.2, 0.25) is 0 Å². The molecule has 0 aliphatic heterocycles. The highest BCUT2D eigenvalue weighted by atomic mass is 16.3. The van der Waals surface area contributed by atoms with Gasteiger partial charge in [-0.05, 0) is 36.5 Å². The Hall–Kier alpha value is -0.560. The maximum Gasteiger partial charge on any atom is 0.0614 e. The lowest BCUT2D eigenvalue weighted by molar-refractivity contribution is -0.0191. The number of fused-ring (bicyclic) bond motifs is 2. The molecule has 0 amide bonds. The molecule has 2 rings (SSSR count). The van der Waals surface area contributed by atoms with Gasteiger partial charge in [0.2, 0.25) is 0 Å². The molecule has 2 bridgehead atoms. The molecule has 0 aromatic carbocycles. The van der Waals surface area contributed by atoms with Gasteiger partial charge in [0.05, 0.1) is 6.10 Å². The van der Waals surface area contributed by atoms with Gasteiger partial charge < -0.3 is 5.11 Å². The summed E-state index contributed by atoms with van der Waals surface area (Å²) < 4.78 is 0. The van der Waals surface area contributed by atoms with E-state index in [1.807, 2.05) is 6.08 Å². The summed E-state index contributed by atoms with van der Waals surface area (Å²) in [5.74, 6) is 1.26. The van der Waals surface area contributed by atoms with Gasteiger partial charge in [0.15, 0.2) is 0 Å². The number of hydrogen-bond acceptors (Lipinski definition) is 1. The summed E-state index contributed by atoms with van der Waals surface area (Å²) in [7, 11) is 0. The van der Waals surface area contributed by atoms with Crippen LogP contribution >= 0.6 is 0 Å². The van der Waals surface area contributed by atoms with E-state index in [1.54, 1.807) is 0 Å². The van der Waals surface area contributed by atoms with Gasteiger partial charge in [-0.15, -0.1) is 6.58 Å². The van der Waals surface area contributed by atoms with Crippen molar-refractivity contribution in [2.24, 2.45) is 23.2 Å². The van der Waals surface area contributed by atoms with Crippen molar-refractivity contribution in [3.05, 3.63) is 24.8 Å². The summed E-state index contributed by atoms with van der Waals surface area (Å²) in [6, 6.07) is 0. The molecule has 0 heterocycles. The Morgan fingerprint density at radius 1 is 1.53 bits per heavy atom. The molecule has 84 valence electrons. The molecule has 0 unspecified atom stereocenters. The average molecular weight is 206 g/mol. The summed E-state index contributed by atoms with van der Waals surface area (Å²) in [6.07, 6.45) is 5.08. The maximum absolute atomic E-state index is 10.2. The SMILES string of the molecule is C=C[C@H]1CC[C@]2(C)C(=C)[C@H]1[C@H](O)C[C@H]2C. The van der Waals surface area contributed by atoms with E-state index in [2.05, 4.69) is 27.0 Å². The Labute approximate surface area is 92.9 Å². The molecule has 2 fully saturated rings. The number of aliphatic hydroxyl groups is 1. The highest BCUT2D eigenvalue weighted by Gasteiger charge is 2.50. The molecule has 2 saturated carbocycles. The number of aliphatic hydroxyl groups excluding tert-OH is 1. The first-order valence-electron chi connectivity index (χ1n) is 6.00. The van der Waals surface area contributed by atoms with Crippen molar-refractivity contribution in [2.75, 3.05) is 0 Å². The summed E-state index contributed by atoms with van der Waals surface area (Å²) in [6.45, 7) is 12.7. The molecule has 0 aromatic rings. The summed E-state index contributed by atoms with van der Waals surface area (Å²) in [5.41, 5.74) is 1.52. The monoisotopic (exact) mass is 206 g/mol. The van der Waals surface area contributed by atoms with Crippen molar-refractivity contribution in [3.63, 3.8) is 0 Å². The van der Waals surface area contributed by atoms with E-state index >= 15 is 0 Å². The van der Waals surface area contributed by atoms with Crippen LogP contribution in [0.3, 0.4) is 0 Å². The molecule has 1 heteroatoms. The van der Waals surface area contributed by atoms with Crippen LogP contribution in [-0.4, -0.2) is 11.2 Å². The van der Waals surface area contributed by atoms with Crippen LogP contribution in [0.5, 0.6) is 0 Å². The van der Waals surface area contributed by atoms with E-state index in [0.29, 0.717) is 11.8 Å². The number of allylic oxidation sites excluding steroid dienone is 1. The lowest BCUT2D eigenvalue weighted by Crippen LogP contribution is -2.48. The van der Waals surface area contributed by atoms with E-state index in [9.17, 15) is 5.11 Å². The first-order valence-corrected chi connectivity index (χ1v) is 6.00. The molecule has 0 saturated heterocycles. The Morgan fingerprint density at radius 3 is 2.80 bits per heavy atom. The van der Waals surface area contributed by atoms with Crippen molar-refractivity contribution in [2.45, 2.75) is 39.2 Å². The van der Waals surface area contributed by atoms with E-state index < -0.39 is 0 Å². The van der Waals surface area contributed by atoms with E-state index in [4.69, 9.17) is 0 Å². The van der Waals surface area contributed by atoms with Crippen LogP contribution in [0.25, 0.3) is 0 Å². The second kappa shape index (κ2) is 3.48. The van der Waals surface area contributed by atoms with Gasteiger partial charge in [-0.3, -0.25) is 0 Å². The van der Waals surface area contributed by atoms with Crippen LogP contribution in [-0.2, 0) is 0 Å². The standard InChI is InChI=1S/C14H22O/c1-5-11-6-7-14(4)9(2)8-12(15)13(11)10(14)3/h5,9,11-13,15H,1,3,6-8H2,2,4H3/t9-,11+,12-,13-,14+/m1/s1. The largest absolute Gasteiger partial charge is 0.392 e. The Kier molecular flexibility index (Phi) is 2.54. The summed E-state index contributed by atoms with van der Waals surface area (Å²) in [5, 5.41) is 10.2. The molecule has 0 aromatic heterocycles. The van der Waals surface area contributed by atoms with Crippen molar-refractivity contribution in [1.29, 1.82) is 0 Å². The second-order valence-corrected chi connectivity index (χ2v) is 5.61. The highest BCUT2D eigenvalue weighted by molar-refractivity contribution is 5.24. The molecule has 5 atom stereocenters. The van der Waals surface area contributed by atoms with Crippen LogP contribution < -0.4 is 0 Å². The van der Waals surface area contributed by atoms with Gasteiger partial charge in [0, 0.05) is 5.92 Å². The zero-order chi connectivity index (χ0) is 11.2. The fourth-order valence-electron chi connectivity index (χ4n) is 3.56. The molecule has 15 heavy (non-hydrogen) atoms. The molecule has 2 aliphatic rings. The van der Waals surface area contributed by atoms with E-state index in [1.165, 1.54) is 12.0 Å². The van der Waals surface area contributed by atoms with Gasteiger partial charge in [-0.25, -0.2) is 0 Å². The van der Waals surface area contributed by atoms with Gasteiger partial charge in [-0.1, -0.05) is 32.1 Å².